The van der Waals surface area contributed by atoms with Crippen LogP contribution >= 0.6 is 0 Å². The normalized spacial score (nSPS) is 10.2. The zero-order valence-corrected chi connectivity index (χ0v) is 9.63. The van der Waals surface area contributed by atoms with Crippen molar-refractivity contribution in [1.82, 2.24) is 0 Å². The second-order valence-electron chi connectivity index (χ2n) is 3.31. The second-order valence-corrected chi connectivity index (χ2v) is 3.31. The van der Waals surface area contributed by atoms with E-state index in [0.717, 1.165) is 0 Å². The van der Waals surface area contributed by atoms with E-state index >= 15 is 0 Å². The fourth-order valence-corrected chi connectivity index (χ4v) is 0.881. The average molecular weight is 184 g/mol. The molecule has 0 atom stereocenters. The summed E-state index contributed by atoms with van der Waals surface area (Å²) in [5, 5.41) is 16.7. The first-order valence-corrected chi connectivity index (χ1v) is 3.27. The molecule has 66 valence electrons. The molecule has 0 radical (unpaired) electrons. The zero-order chi connectivity index (χ0) is 9.07. The van der Waals surface area contributed by atoms with Crippen LogP contribution in [-0.2, 0) is 9.59 Å². The Kier molecular flexibility index (Phi) is 6.70. The molecule has 0 aromatic rings. The summed E-state index contributed by atoms with van der Waals surface area (Å²) in [5.41, 5.74) is -0.655. The van der Waals surface area contributed by atoms with E-state index in [1.54, 1.807) is 13.8 Å². The molecule has 0 heterocycles. The molecule has 0 saturated carbocycles. The summed E-state index contributed by atoms with van der Waals surface area (Å²) in [7, 11) is 0. The van der Waals surface area contributed by atoms with Crippen molar-refractivity contribution in [1.29, 1.82) is 0 Å². The number of carbonyl (C=O) groups is 2. The van der Waals surface area contributed by atoms with Gasteiger partial charge in [-0.1, -0.05) is 13.8 Å². The van der Waals surface area contributed by atoms with Crippen LogP contribution in [0.4, 0.5) is 0 Å². The molecule has 12 heavy (non-hydrogen) atoms. The van der Waals surface area contributed by atoms with Crippen molar-refractivity contribution in [2.45, 2.75) is 26.7 Å². The van der Waals surface area contributed by atoms with Gasteiger partial charge in [0.1, 0.15) is 0 Å². The molecular weight excluding hydrogens is 171 g/mol. The maximum Gasteiger partial charge on any atom is 1.00 e. The van der Waals surface area contributed by atoms with Crippen LogP contribution in [0.25, 0.3) is 0 Å². The minimum Gasteiger partial charge on any atom is -1.00 e. The van der Waals surface area contributed by atoms with Crippen molar-refractivity contribution in [3.63, 3.8) is 0 Å². The quantitative estimate of drug-likeness (QED) is 0.499. The Labute approximate surface area is 94.7 Å². The Bertz CT molecular complexity index is 163. The van der Waals surface area contributed by atoms with Crippen molar-refractivity contribution >= 4 is 11.9 Å². The monoisotopic (exact) mass is 184 g/mol. The third kappa shape index (κ3) is 8.04. The van der Waals surface area contributed by atoms with E-state index in [2.05, 4.69) is 0 Å². The van der Waals surface area contributed by atoms with E-state index in [1.807, 2.05) is 0 Å². The Morgan fingerprint density at radius 3 is 1.58 bits per heavy atom. The van der Waals surface area contributed by atoms with Crippen LogP contribution in [0.5, 0.6) is 0 Å². The van der Waals surface area contributed by atoms with E-state index in [9.17, 15) is 9.59 Å². The summed E-state index contributed by atoms with van der Waals surface area (Å²) in [6, 6.07) is 0. The fraction of sp³-hybridized carbons (Fsp3) is 0.714. The number of hydrogen-bond acceptors (Lipinski definition) is 2. The molecule has 0 aliphatic rings. The predicted molar refractivity (Wildman–Crippen MR) is 39.4 cm³/mol. The van der Waals surface area contributed by atoms with Crippen molar-refractivity contribution in [3.8, 4) is 0 Å². The van der Waals surface area contributed by atoms with Gasteiger partial charge in [0.05, 0.1) is 12.8 Å². The van der Waals surface area contributed by atoms with E-state index < -0.39 is 17.4 Å². The molecule has 0 bridgehead atoms. The zero-order valence-electron chi connectivity index (χ0n) is 8.63. The molecule has 0 spiro atoms. The Balaban J connectivity index is -0.000000500. The molecule has 0 rings (SSSR count). The molecule has 0 saturated heterocycles. The van der Waals surface area contributed by atoms with Gasteiger partial charge in [0.15, 0.2) is 0 Å². The summed E-state index contributed by atoms with van der Waals surface area (Å²) in [6.07, 6.45) is -0.224. The van der Waals surface area contributed by atoms with Crippen LogP contribution in [0.3, 0.4) is 0 Å². The Hall–Kier alpha value is -0.0600. The van der Waals surface area contributed by atoms with Crippen molar-refractivity contribution in [2.24, 2.45) is 5.41 Å². The molecule has 0 aliphatic carbocycles. The molecule has 0 unspecified atom stereocenters. The molecule has 4 nitrogen and oxygen atoms in total. The van der Waals surface area contributed by atoms with Gasteiger partial charge < -0.3 is 11.6 Å². The summed E-state index contributed by atoms with van der Waals surface area (Å²) >= 11 is 0. The SMILES string of the molecule is CC(C)(CC(=O)O)CC(=O)O.[H-].[Na+]. The number of carboxylic acid groups (broad SMARTS) is 2. The molecule has 0 aromatic heterocycles. The van der Waals surface area contributed by atoms with Crippen LogP contribution in [0.15, 0.2) is 0 Å². The number of rotatable bonds is 4. The maximum absolute atomic E-state index is 10.2. The van der Waals surface area contributed by atoms with Crippen molar-refractivity contribution < 1.29 is 50.8 Å². The van der Waals surface area contributed by atoms with Gasteiger partial charge in [-0.05, 0) is 5.41 Å². The van der Waals surface area contributed by atoms with E-state index in [0.29, 0.717) is 0 Å². The number of carboxylic acids is 2. The molecule has 0 aliphatic heterocycles. The van der Waals surface area contributed by atoms with Crippen LogP contribution in [-0.4, -0.2) is 22.2 Å². The molecule has 0 amide bonds. The van der Waals surface area contributed by atoms with Gasteiger partial charge in [0.2, 0.25) is 0 Å². The first-order valence-electron chi connectivity index (χ1n) is 3.27. The third-order valence-electron chi connectivity index (χ3n) is 1.26. The summed E-state index contributed by atoms with van der Waals surface area (Å²) in [4.78, 5) is 20.4. The van der Waals surface area contributed by atoms with Crippen molar-refractivity contribution in [3.05, 3.63) is 0 Å². The van der Waals surface area contributed by atoms with Gasteiger partial charge in [-0.2, -0.15) is 0 Å². The molecular formula is C7H13NaO4. The maximum atomic E-state index is 10.2. The minimum atomic E-state index is -0.962. The first kappa shape index (κ1) is 14.5. The fourth-order valence-electron chi connectivity index (χ4n) is 0.881. The van der Waals surface area contributed by atoms with Crippen LogP contribution in [0, 0.1) is 5.41 Å². The van der Waals surface area contributed by atoms with Gasteiger partial charge in [-0.3, -0.25) is 9.59 Å². The van der Waals surface area contributed by atoms with Crippen LogP contribution in [0.1, 0.15) is 28.1 Å². The largest absolute Gasteiger partial charge is 1.00 e. The van der Waals surface area contributed by atoms with E-state index in [1.165, 1.54) is 0 Å². The molecule has 2 N–H and O–H groups in total. The van der Waals surface area contributed by atoms with Gasteiger partial charge in [-0.15, -0.1) is 0 Å². The Morgan fingerprint density at radius 2 is 1.42 bits per heavy atom. The van der Waals surface area contributed by atoms with Gasteiger partial charge >= 0.3 is 41.5 Å². The van der Waals surface area contributed by atoms with Gasteiger partial charge in [0, 0.05) is 0 Å². The van der Waals surface area contributed by atoms with Gasteiger partial charge in [0.25, 0.3) is 0 Å². The van der Waals surface area contributed by atoms with E-state index in [-0.39, 0.29) is 43.8 Å². The molecule has 0 aromatic carbocycles. The standard InChI is InChI=1S/C7H12O4.Na.H/c1-7(2,3-5(8)9)4-6(10)11;;/h3-4H2,1-2H3,(H,8,9)(H,10,11);;/q;+1;-1. The third-order valence-corrected chi connectivity index (χ3v) is 1.26. The second kappa shape index (κ2) is 5.56. The van der Waals surface area contributed by atoms with E-state index in [4.69, 9.17) is 10.2 Å². The Morgan fingerprint density at radius 1 is 1.17 bits per heavy atom. The molecule has 0 fully saturated rings. The topological polar surface area (TPSA) is 74.6 Å². The smallest absolute Gasteiger partial charge is 1.00 e. The van der Waals surface area contributed by atoms with Crippen molar-refractivity contribution in [2.75, 3.05) is 0 Å². The first-order chi connectivity index (χ1) is 4.83. The minimum absolute atomic E-state index is 0. The van der Waals surface area contributed by atoms with Crippen LogP contribution < -0.4 is 29.6 Å². The summed E-state index contributed by atoms with van der Waals surface area (Å²) < 4.78 is 0. The van der Waals surface area contributed by atoms with Gasteiger partial charge in [-0.25, -0.2) is 0 Å². The molecule has 5 heteroatoms. The number of hydrogen-bond donors (Lipinski definition) is 2. The summed E-state index contributed by atoms with van der Waals surface area (Å²) in [5.74, 6) is -1.92. The summed E-state index contributed by atoms with van der Waals surface area (Å²) in [6.45, 7) is 3.24. The average Bonchev–Trinajstić information content (AvgIpc) is 1.53. The number of aliphatic carboxylic acids is 2. The predicted octanol–water partition coefficient (Wildman–Crippen LogP) is -1.92. The van der Waals surface area contributed by atoms with Crippen LogP contribution in [0.2, 0.25) is 0 Å².